The summed E-state index contributed by atoms with van der Waals surface area (Å²) in [6, 6.07) is 1.84. The fourth-order valence-electron chi connectivity index (χ4n) is 4.23. The van der Waals surface area contributed by atoms with Crippen LogP contribution in [0.25, 0.3) is 27.0 Å². The molecule has 0 unspecified atom stereocenters. The molecule has 0 spiro atoms. The average Bonchev–Trinajstić information content (AvgIpc) is 3.50. The van der Waals surface area contributed by atoms with Crippen molar-refractivity contribution in [1.29, 1.82) is 0 Å². The normalized spacial score (nSPS) is 12.2. The van der Waals surface area contributed by atoms with Crippen LogP contribution in [0.2, 0.25) is 5.02 Å². The number of aryl methyl sites for hydroxylation is 3. The smallest absolute Gasteiger partial charge is 0.365 e. The highest BCUT2D eigenvalue weighted by Gasteiger charge is 2.36. The number of carbonyl (C=O) groups is 2. The zero-order valence-electron chi connectivity index (χ0n) is 20.6. The highest BCUT2D eigenvalue weighted by atomic mass is 35.5. The SMILES string of the molecule is Cc1cc(C(F)(F)F)n2nc(C(=O)Nc3c(C(N)=O)sc4nc(C(F)F)cc(-c5cn(C)nc5C)c34)c(Cl)c2n1. The lowest BCUT2D eigenvalue weighted by Crippen LogP contribution is -2.18. The fourth-order valence-corrected chi connectivity index (χ4v) is 5.49. The van der Waals surface area contributed by atoms with Crippen LogP contribution in [-0.2, 0) is 13.2 Å². The summed E-state index contributed by atoms with van der Waals surface area (Å²) in [6.07, 6.45) is -6.26. The summed E-state index contributed by atoms with van der Waals surface area (Å²) in [5.41, 5.74) is 3.49. The average molecular weight is 599 g/mol. The van der Waals surface area contributed by atoms with Gasteiger partial charge in [0.2, 0.25) is 0 Å². The van der Waals surface area contributed by atoms with Crippen LogP contribution in [0.4, 0.5) is 27.6 Å². The molecule has 2 amide bonds. The lowest BCUT2D eigenvalue weighted by Gasteiger charge is -2.10. The van der Waals surface area contributed by atoms with E-state index < -0.39 is 52.2 Å². The van der Waals surface area contributed by atoms with Crippen molar-refractivity contribution in [1.82, 2.24) is 29.4 Å². The Bertz CT molecular complexity index is 1860. The van der Waals surface area contributed by atoms with Crippen LogP contribution in [0.15, 0.2) is 18.3 Å². The minimum absolute atomic E-state index is 0.0224. The molecule has 3 N–H and O–H groups in total. The number of aromatic nitrogens is 6. The molecule has 5 rings (SSSR count). The van der Waals surface area contributed by atoms with Gasteiger partial charge in [0.1, 0.15) is 26.1 Å². The van der Waals surface area contributed by atoms with Crippen molar-refractivity contribution in [2.24, 2.45) is 12.8 Å². The van der Waals surface area contributed by atoms with Gasteiger partial charge in [-0.3, -0.25) is 14.3 Å². The summed E-state index contributed by atoms with van der Waals surface area (Å²) in [6.45, 7) is 2.95. The van der Waals surface area contributed by atoms with Gasteiger partial charge in [0.05, 0.1) is 11.4 Å². The van der Waals surface area contributed by atoms with E-state index in [1.54, 1.807) is 20.2 Å². The molecule has 5 aromatic heterocycles. The molecular weight excluding hydrogens is 583 g/mol. The van der Waals surface area contributed by atoms with Crippen molar-refractivity contribution in [2.45, 2.75) is 26.4 Å². The molecule has 10 nitrogen and oxygen atoms in total. The Balaban J connectivity index is 1.73. The molecule has 0 aliphatic heterocycles. The molecule has 0 aromatic carbocycles. The van der Waals surface area contributed by atoms with E-state index in [1.165, 1.54) is 11.6 Å². The summed E-state index contributed by atoms with van der Waals surface area (Å²) < 4.78 is 70.2. The van der Waals surface area contributed by atoms with Crippen LogP contribution in [0.1, 0.15) is 49.4 Å². The van der Waals surface area contributed by atoms with Gasteiger partial charge in [0, 0.05) is 29.9 Å². The number of thiophene rings is 1. The maximum atomic E-state index is 13.7. The Morgan fingerprint density at radius 1 is 1.12 bits per heavy atom. The maximum absolute atomic E-state index is 13.7. The molecule has 40 heavy (non-hydrogen) atoms. The van der Waals surface area contributed by atoms with Crippen molar-refractivity contribution in [3.8, 4) is 11.1 Å². The van der Waals surface area contributed by atoms with E-state index in [1.807, 2.05) is 0 Å². The molecular formula is C23H16ClF5N8O2S. The largest absolute Gasteiger partial charge is 0.433 e. The Morgan fingerprint density at radius 2 is 1.82 bits per heavy atom. The minimum Gasteiger partial charge on any atom is -0.365 e. The number of anilines is 1. The van der Waals surface area contributed by atoms with Gasteiger partial charge in [-0.05, 0) is 31.5 Å². The fraction of sp³-hybridized carbons (Fsp3) is 0.217. The number of primary amides is 1. The lowest BCUT2D eigenvalue weighted by molar-refractivity contribution is -0.142. The molecule has 0 atom stereocenters. The molecule has 208 valence electrons. The van der Waals surface area contributed by atoms with Gasteiger partial charge < -0.3 is 11.1 Å². The summed E-state index contributed by atoms with van der Waals surface area (Å²) in [4.78, 5) is 33.4. The van der Waals surface area contributed by atoms with E-state index >= 15 is 0 Å². The highest BCUT2D eigenvalue weighted by molar-refractivity contribution is 7.21. The van der Waals surface area contributed by atoms with Gasteiger partial charge in [-0.25, -0.2) is 23.3 Å². The van der Waals surface area contributed by atoms with E-state index in [-0.39, 0.29) is 32.0 Å². The Hall–Kier alpha value is -4.18. The Labute approximate surface area is 229 Å². The Morgan fingerprint density at radius 3 is 2.40 bits per heavy atom. The first-order chi connectivity index (χ1) is 18.7. The number of nitrogens with two attached hydrogens (primary N) is 1. The first-order valence-electron chi connectivity index (χ1n) is 11.2. The van der Waals surface area contributed by atoms with Gasteiger partial charge in [0.25, 0.3) is 18.2 Å². The van der Waals surface area contributed by atoms with E-state index in [4.69, 9.17) is 17.3 Å². The van der Waals surface area contributed by atoms with E-state index in [0.717, 1.165) is 12.1 Å². The van der Waals surface area contributed by atoms with Crippen LogP contribution in [0.5, 0.6) is 0 Å². The molecule has 0 radical (unpaired) electrons. The van der Waals surface area contributed by atoms with Crippen LogP contribution in [-0.4, -0.2) is 41.2 Å². The van der Waals surface area contributed by atoms with Crippen LogP contribution in [0, 0.1) is 13.8 Å². The topological polar surface area (TPSA) is 133 Å². The van der Waals surface area contributed by atoms with Crippen molar-refractivity contribution in [3.05, 3.63) is 56.7 Å². The van der Waals surface area contributed by atoms with Gasteiger partial charge in [-0.2, -0.15) is 23.4 Å². The zero-order valence-corrected chi connectivity index (χ0v) is 22.1. The predicted molar refractivity (Wildman–Crippen MR) is 136 cm³/mol. The predicted octanol–water partition coefficient (Wildman–Crippen LogP) is 5.32. The second kappa shape index (κ2) is 9.48. The van der Waals surface area contributed by atoms with Crippen molar-refractivity contribution < 1.29 is 31.5 Å². The number of rotatable bonds is 5. The van der Waals surface area contributed by atoms with E-state index in [2.05, 4.69) is 25.5 Å². The molecule has 0 aliphatic rings. The summed E-state index contributed by atoms with van der Waals surface area (Å²) in [5.74, 6) is -2.11. The first-order valence-corrected chi connectivity index (χ1v) is 12.4. The molecule has 5 aromatic rings. The van der Waals surface area contributed by atoms with Crippen LogP contribution < -0.4 is 11.1 Å². The highest BCUT2D eigenvalue weighted by Crippen LogP contribution is 2.43. The van der Waals surface area contributed by atoms with Gasteiger partial charge in [-0.1, -0.05) is 11.6 Å². The maximum Gasteiger partial charge on any atom is 0.433 e. The number of fused-ring (bicyclic) bond motifs is 2. The first kappa shape index (κ1) is 27.4. The second-order valence-electron chi connectivity index (χ2n) is 8.68. The third kappa shape index (κ3) is 4.52. The molecule has 0 fully saturated rings. The number of pyridine rings is 1. The molecule has 17 heteroatoms. The summed E-state index contributed by atoms with van der Waals surface area (Å²) in [5, 5.41) is 10.0. The van der Waals surface area contributed by atoms with Crippen molar-refractivity contribution in [2.75, 3.05) is 5.32 Å². The van der Waals surface area contributed by atoms with Crippen LogP contribution >= 0.6 is 22.9 Å². The van der Waals surface area contributed by atoms with E-state index in [9.17, 15) is 31.5 Å². The Kier molecular flexibility index (Phi) is 6.49. The lowest BCUT2D eigenvalue weighted by atomic mass is 10.0. The third-order valence-electron chi connectivity index (χ3n) is 5.84. The number of nitrogens with zero attached hydrogens (tertiary/aromatic N) is 6. The van der Waals surface area contributed by atoms with Gasteiger partial charge in [-0.15, -0.1) is 11.3 Å². The minimum atomic E-state index is -4.84. The number of alkyl halides is 5. The second-order valence-corrected chi connectivity index (χ2v) is 10.1. The number of carbonyl (C=O) groups excluding carboxylic acids is 2. The number of amides is 2. The van der Waals surface area contributed by atoms with Gasteiger partial charge >= 0.3 is 6.18 Å². The molecule has 0 saturated carbocycles. The van der Waals surface area contributed by atoms with E-state index in [0.29, 0.717) is 27.1 Å². The quantitative estimate of drug-likeness (QED) is 0.263. The molecule has 0 aliphatic carbocycles. The summed E-state index contributed by atoms with van der Waals surface area (Å²) >= 11 is 6.90. The van der Waals surface area contributed by atoms with Crippen LogP contribution in [0.3, 0.4) is 0 Å². The number of halogens is 6. The summed E-state index contributed by atoms with van der Waals surface area (Å²) in [7, 11) is 1.62. The zero-order chi connectivity index (χ0) is 29.3. The van der Waals surface area contributed by atoms with Gasteiger partial charge in [0.15, 0.2) is 11.3 Å². The standard InChI is InChI=1S/C23H16ClF5N8O2S/c1-7-4-12(23(27,28)29)37-20(31-7)14(24)16(35-37)21(39)33-15-13-9(10-6-36(3)34-8(10)2)5-11(18(25)26)32-22(13)40-17(15)19(30)38/h4-6,18H,1-3H3,(H2,30,38)(H,33,39). The number of hydrogen-bond donors (Lipinski definition) is 2. The molecule has 0 saturated heterocycles. The molecule has 5 heterocycles. The number of nitrogens with one attached hydrogen (secondary N) is 1. The number of hydrogen-bond acceptors (Lipinski definition) is 7. The monoisotopic (exact) mass is 598 g/mol. The molecule has 0 bridgehead atoms. The third-order valence-corrected chi connectivity index (χ3v) is 7.28. The van der Waals surface area contributed by atoms with Crippen molar-refractivity contribution in [3.63, 3.8) is 0 Å². The van der Waals surface area contributed by atoms with Crippen molar-refractivity contribution >= 4 is 56.3 Å².